The Hall–Kier alpha value is -3.14. The quantitative estimate of drug-likeness (QED) is 0.734. The van der Waals surface area contributed by atoms with Crippen LogP contribution in [0.3, 0.4) is 0 Å². The van der Waals surface area contributed by atoms with Gasteiger partial charge in [-0.25, -0.2) is 19.2 Å². The SMILES string of the molecule is CC(C)(C)OC(=O)N1CC(c2cc(F)c3c(c2)Nc2ncnc(N4CCOCC4)c2CO3)C1. The maximum atomic E-state index is 15.1. The molecule has 176 valence electrons. The van der Waals surface area contributed by atoms with Crippen LogP contribution in [0.1, 0.15) is 37.8 Å². The maximum absolute atomic E-state index is 15.1. The number of rotatable bonds is 2. The van der Waals surface area contributed by atoms with E-state index in [2.05, 4.69) is 20.2 Å². The van der Waals surface area contributed by atoms with Crippen LogP contribution in [0.4, 0.5) is 26.5 Å². The number of anilines is 3. The van der Waals surface area contributed by atoms with Crippen molar-refractivity contribution in [3.63, 3.8) is 0 Å². The van der Waals surface area contributed by atoms with Crippen LogP contribution in [0, 0.1) is 5.82 Å². The number of hydrogen-bond donors (Lipinski definition) is 1. The van der Waals surface area contributed by atoms with Gasteiger partial charge in [-0.1, -0.05) is 0 Å². The molecule has 1 N–H and O–H groups in total. The first kappa shape index (κ1) is 21.7. The number of amides is 1. The van der Waals surface area contributed by atoms with Crippen molar-refractivity contribution in [2.45, 2.75) is 38.9 Å². The molecule has 5 rings (SSSR count). The fourth-order valence-electron chi connectivity index (χ4n) is 4.22. The average Bonchev–Trinajstić information content (AvgIpc) is 2.91. The molecule has 2 fully saturated rings. The van der Waals surface area contributed by atoms with Gasteiger partial charge in [-0.15, -0.1) is 0 Å². The first-order chi connectivity index (χ1) is 15.8. The smallest absolute Gasteiger partial charge is 0.410 e. The van der Waals surface area contributed by atoms with Crippen molar-refractivity contribution >= 4 is 23.4 Å². The van der Waals surface area contributed by atoms with Gasteiger partial charge in [0.1, 0.15) is 30.2 Å². The lowest BCUT2D eigenvalue weighted by Gasteiger charge is -2.40. The van der Waals surface area contributed by atoms with Gasteiger partial charge in [-0.05, 0) is 38.5 Å². The van der Waals surface area contributed by atoms with Gasteiger partial charge in [-0.2, -0.15) is 0 Å². The Bertz CT molecular complexity index is 1060. The van der Waals surface area contributed by atoms with Crippen LogP contribution in [0.25, 0.3) is 0 Å². The molecule has 33 heavy (non-hydrogen) atoms. The van der Waals surface area contributed by atoms with Gasteiger partial charge in [0.15, 0.2) is 11.6 Å². The molecule has 0 atom stereocenters. The number of nitrogens with zero attached hydrogens (tertiary/aromatic N) is 4. The highest BCUT2D eigenvalue weighted by atomic mass is 19.1. The molecule has 2 saturated heterocycles. The third-order valence-electron chi connectivity index (χ3n) is 5.92. The number of carbonyl (C=O) groups is 1. The summed E-state index contributed by atoms with van der Waals surface area (Å²) < 4.78 is 31.8. The second-order valence-corrected chi connectivity index (χ2v) is 9.50. The topological polar surface area (TPSA) is 89.0 Å². The molecule has 0 unspecified atom stereocenters. The lowest BCUT2D eigenvalue weighted by atomic mass is 9.91. The molecule has 0 saturated carbocycles. The number of ether oxygens (including phenoxy) is 3. The van der Waals surface area contributed by atoms with Gasteiger partial charge in [0.25, 0.3) is 0 Å². The van der Waals surface area contributed by atoms with Crippen LogP contribution in [-0.2, 0) is 16.1 Å². The van der Waals surface area contributed by atoms with E-state index in [4.69, 9.17) is 14.2 Å². The van der Waals surface area contributed by atoms with Crippen molar-refractivity contribution in [1.29, 1.82) is 0 Å². The fourth-order valence-corrected chi connectivity index (χ4v) is 4.22. The van der Waals surface area contributed by atoms with Crippen LogP contribution in [0.2, 0.25) is 0 Å². The Kier molecular flexibility index (Phi) is 5.48. The zero-order chi connectivity index (χ0) is 23.2. The minimum absolute atomic E-state index is 0.0242. The zero-order valence-electron chi connectivity index (χ0n) is 19.1. The number of likely N-dealkylation sites (tertiary alicyclic amines) is 1. The number of benzene rings is 1. The summed E-state index contributed by atoms with van der Waals surface area (Å²) in [7, 11) is 0. The molecule has 3 aliphatic heterocycles. The van der Waals surface area contributed by atoms with Crippen molar-refractivity contribution in [2.24, 2.45) is 0 Å². The van der Waals surface area contributed by atoms with Crippen LogP contribution in [0.5, 0.6) is 5.75 Å². The first-order valence-electron chi connectivity index (χ1n) is 11.2. The summed E-state index contributed by atoms with van der Waals surface area (Å²) in [5, 5.41) is 3.25. The zero-order valence-corrected chi connectivity index (χ0v) is 19.1. The maximum Gasteiger partial charge on any atom is 0.410 e. The Morgan fingerprint density at radius 2 is 1.97 bits per heavy atom. The molecule has 4 heterocycles. The fraction of sp³-hybridized carbons (Fsp3) is 0.522. The Morgan fingerprint density at radius 1 is 1.21 bits per heavy atom. The van der Waals surface area contributed by atoms with Crippen LogP contribution in [-0.4, -0.2) is 66.0 Å². The molecule has 1 aromatic heterocycles. The highest BCUT2D eigenvalue weighted by molar-refractivity contribution is 5.73. The normalized spacial score (nSPS) is 18.3. The molecule has 1 aromatic carbocycles. The lowest BCUT2D eigenvalue weighted by Crippen LogP contribution is -2.50. The van der Waals surface area contributed by atoms with Gasteiger partial charge >= 0.3 is 6.09 Å². The number of morpholine rings is 1. The summed E-state index contributed by atoms with van der Waals surface area (Å²) in [4.78, 5) is 24.8. The monoisotopic (exact) mass is 457 g/mol. The van der Waals surface area contributed by atoms with Gasteiger partial charge in [-0.3, -0.25) is 0 Å². The molecule has 3 aliphatic rings. The Morgan fingerprint density at radius 3 is 2.70 bits per heavy atom. The van der Waals surface area contributed by atoms with E-state index in [1.165, 1.54) is 12.4 Å². The third kappa shape index (κ3) is 4.39. The number of nitrogens with one attached hydrogen (secondary N) is 1. The summed E-state index contributed by atoms with van der Waals surface area (Å²) in [5.74, 6) is 1.12. The largest absolute Gasteiger partial charge is 0.483 e. The minimum Gasteiger partial charge on any atom is -0.483 e. The molecule has 0 aliphatic carbocycles. The van der Waals surface area contributed by atoms with Crippen LogP contribution >= 0.6 is 0 Å². The molecule has 10 heteroatoms. The molecule has 0 spiro atoms. The van der Waals surface area contributed by atoms with E-state index < -0.39 is 11.4 Å². The van der Waals surface area contributed by atoms with E-state index in [-0.39, 0.29) is 24.4 Å². The van der Waals surface area contributed by atoms with Crippen molar-refractivity contribution < 1.29 is 23.4 Å². The van der Waals surface area contributed by atoms with Crippen LogP contribution < -0.4 is 15.0 Å². The summed E-state index contributed by atoms with van der Waals surface area (Å²) >= 11 is 0. The molecule has 9 nitrogen and oxygen atoms in total. The van der Waals surface area contributed by atoms with E-state index >= 15 is 4.39 Å². The van der Waals surface area contributed by atoms with Crippen LogP contribution in [0.15, 0.2) is 18.5 Å². The van der Waals surface area contributed by atoms with Crippen molar-refractivity contribution in [3.05, 3.63) is 35.4 Å². The number of halogens is 1. The van der Waals surface area contributed by atoms with Gasteiger partial charge in [0.05, 0.1) is 24.5 Å². The molecular formula is C23H28FN5O4. The minimum atomic E-state index is -0.547. The molecule has 0 radical (unpaired) electrons. The average molecular weight is 458 g/mol. The van der Waals surface area contributed by atoms with E-state index in [1.807, 2.05) is 26.8 Å². The predicted molar refractivity (Wildman–Crippen MR) is 120 cm³/mol. The highest BCUT2D eigenvalue weighted by Gasteiger charge is 2.36. The molecular weight excluding hydrogens is 429 g/mol. The molecule has 2 aromatic rings. The Labute approximate surface area is 191 Å². The molecule has 0 bridgehead atoms. The van der Waals surface area contributed by atoms with E-state index in [1.54, 1.807) is 4.90 Å². The second kappa shape index (κ2) is 8.33. The second-order valence-electron chi connectivity index (χ2n) is 9.50. The highest BCUT2D eigenvalue weighted by Crippen LogP contribution is 2.41. The summed E-state index contributed by atoms with van der Waals surface area (Å²) in [5.41, 5.74) is 1.56. The lowest BCUT2D eigenvalue weighted by molar-refractivity contribution is 0.00818. The van der Waals surface area contributed by atoms with Crippen molar-refractivity contribution in [2.75, 3.05) is 49.6 Å². The standard InChI is InChI=1S/C23H28FN5O4/c1-23(2,3)33-22(30)29-10-15(11-29)14-8-17(24)19-18(9-14)27-20-16(12-32-19)21(26-13-25-20)28-4-6-31-7-5-28/h8-9,13,15H,4-7,10-12H2,1-3H3,(H,25,26,27). The first-order valence-corrected chi connectivity index (χ1v) is 11.2. The number of aromatic nitrogens is 2. The number of fused-ring (bicyclic) bond motifs is 2. The number of hydrogen-bond acceptors (Lipinski definition) is 8. The third-order valence-corrected chi connectivity index (χ3v) is 5.92. The Balaban J connectivity index is 1.35. The van der Waals surface area contributed by atoms with E-state index in [0.29, 0.717) is 37.8 Å². The van der Waals surface area contributed by atoms with Gasteiger partial charge in [0, 0.05) is 32.1 Å². The molecule has 1 amide bonds. The van der Waals surface area contributed by atoms with Gasteiger partial charge in [0.2, 0.25) is 0 Å². The summed E-state index contributed by atoms with van der Waals surface area (Å²) in [6, 6.07) is 3.36. The summed E-state index contributed by atoms with van der Waals surface area (Å²) in [6.07, 6.45) is 1.16. The van der Waals surface area contributed by atoms with Gasteiger partial charge < -0.3 is 29.3 Å². The van der Waals surface area contributed by atoms with Crippen molar-refractivity contribution in [3.8, 4) is 5.75 Å². The summed E-state index contributed by atoms with van der Waals surface area (Å²) in [6.45, 7) is 9.34. The van der Waals surface area contributed by atoms with E-state index in [0.717, 1.165) is 30.0 Å². The predicted octanol–water partition coefficient (Wildman–Crippen LogP) is 3.42. The number of carbonyl (C=O) groups excluding carboxylic acids is 1. The van der Waals surface area contributed by atoms with E-state index in [9.17, 15) is 4.79 Å². The van der Waals surface area contributed by atoms with Crippen molar-refractivity contribution in [1.82, 2.24) is 14.9 Å².